The van der Waals surface area contributed by atoms with E-state index in [0.717, 1.165) is 53.8 Å². The summed E-state index contributed by atoms with van der Waals surface area (Å²) in [5.41, 5.74) is 10.9. The molecule has 1 heterocycles. The first-order chi connectivity index (χ1) is 12.2. The summed E-state index contributed by atoms with van der Waals surface area (Å²) in [6, 6.07) is 1.92. The molecule has 0 aliphatic heterocycles. The highest BCUT2D eigenvalue weighted by Gasteiger charge is 2.08. The minimum Gasteiger partial charge on any atom is -0.392 e. The van der Waals surface area contributed by atoms with Gasteiger partial charge >= 0.3 is 0 Å². The molecular formula is C20H28N4O. The van der Waals surface area contributed by atoms with Crippen molar-refractivity contribution in [2.75, 3.05) is 18.5 Å². The monoisotopic (exact) mass is 340 g/mol. The van der Waals surface area contributed by atoms with E-state index < -0.39 is 0 Å². The van der Waals surface area contributed by atoms with Crippen LogP contribution in [0.1, 0.15) is 45.2 Å². The summed E-state index contributed by atoms with van der Waals surface area (Å²) < 4.78 is 0. The number of nitrogens with zero attached hydrogens (tertiary/aromatic N) is 2. The van der Waals surface area contributed by atoms with E-state index in [4.69, 9.17) is 5.73 Å². The third kappa shape index (κ3) is 5.66. The van der Waals surface area contributed by atoms with E-state index in [-0.39, 0.29) is 6.61 Å². The largest absolute Gasteiger partial charge is 0.392 e. The van der Waals surface area contributed by atoms with Gasteiger partial charge in [-0.05, 0) is 54.5 Å². The average molecular weight is 340 g/mol. The van der Waals surface area contributed by atoms with Crippen molar-refractivity contribution in [2.24, 2.45) is 5.73 Å². The van der Waals surface area contributed by atoms with E-state index in [1.54, 1.807) is 6.20 Å². The number of aromatic nitrogens is 2. The predicted octanol–water partition coefficient (Wildman–Crippen LogP) is 3.57. The zero-order valence-corrected chi connectivity index (χ0v) is 15.1. The van der Waals surface area contributed by atoms with Gasteiger partial charge in [-0.1, -0.05) is 32.1 Å². The summed E-state index contributed by atoms with van der Waals surface area (Å²) in [5.74, 6) is 0.562. The van der Waals surface area contributed by atoms with E-state index in [0.29, 0.717) is 12.5 Å². The molecule has 0 radical (unpaired) electrons. The van der Waals surface area contributed by atoms with Gasteiger partial charge in [0.25, 0.3) is 0 Å². The van der Waals surface area contributed by atoms with Crippen LogP contribution in [0.3, 0.4) is 0 Å². The zero-order valence-electron chi connectivity index (χ0n) is 15.1. The lowest BCUT2D eigenvalue weighted by atomic mass is 10.0. The van der Waals surface area contributed by atoms with Crippen molar-refractivity contribution in [3.63, 3.8) is 0 Å². The van der Waals surface area contributed by atoms with Crippen LogP contribution in [-0.2, 0) is 0 Å². The number of anilines is 1. The first-order valence-corrected chi connectivity index (χ1v) is 8.90. The van der Waals surface area contributed by atoms with Gasteiger partial charge in [-0.3, -0.25) is 0 Å². The summed E-state index contributed by atoms with van der Waals surface area (Å²) in [5, 5.41) is 12.5. The highest BCUT2D eigenvalue weighted by atomic mass is 16.3. The Morgan fingerprint density at radius 3 is 2.92 bits per heavy atom. The highest BCUT2D eigenvalue weighted by molar-refractivity contribution is 5.66. The third-order valence-corrected chi connectivity index (χ3v) is 4.08. The average Bonchev–Trinajstić information content (AvgIpc) is 2.65. The van der Waals surface area contributed by atoms with Crippen molar-refractivity contribution in [3.8, 4) is 0 Å². The fraction of sp³-hybridized carbons (Fsp3) is 0.400. The number of aliphatic hydroxyl groups is 1. The Kier molecular flexibility index (Phi) is 7.57. The molecule has 2 rings (SSSR count). The van der Waals surface area contributed by atoms with Gasteiger partial charge in [0.2, 0.25) is 5.95 Å². The molecule has 0 atom stereocenters. The maximum absolute atomic E-state index is 9.30. The lowest BCUT2D eigenvalue weighted by molar-refractivity contribution is 0.326. The molecule has 5 nitrogen and oxygen atoms in total. The summed E-state index contributed by atoms with van der Waals surface area (Å²) in [6.07, 6.45) is 13.7. The number of hydrogen-bond donors (Lipinski definition) is 3. The van der Waals surface area contributed by atoms with Crippen LogP contribution in [0.2, 0.25) is 0 Å². The SMILES string of the molecule is CC/C=C(\C=C(/CC)c1ccnc(NC2=CCCC(CO)=C2)n1)CN. The molecule has 0 unspecified atom stereocenters. The molecule has 4 N–H and O–H groups in total. The molecule has 0 saturated carbocycles. The fourth-order valence-electron chi connectivity index (χ4n) is 2.75. The molecule has 0 amide bonds. The summed E-state index contributed by atoms with van der Waals surface area (Å²) in [7, 11) is 0. The predicted molar refractivity (Wildman–Crippen MR) is 104 cm³/mol. The van der Waals surface area contributed by atoms with E-state index in [2.05, 4.69) is 47.4 Å². The van der Waals surface area contributed by atoms with Crippen molar-refractivity contribution >= 4 is 11.5 Å². The molecule has 0 aromatic carbocycles. The molecule has 1 aromatic rings. The Morgan fingerprint density at radius 2 is 2.24 bits per heavy atom. The smallest absolute Gasteiger partial charge is 0.227 e. The number of nitrogens with one attached hydrogen (secondary N) is 1. The van der Waals surface area contributed by atoms with Gasteiger partial charge in [0, 0.05) is 18.4 Å². The van der Waals surface area contributed by atoms with Gasteiger partial charge in [0.15, 0.2) is 0 Å². The van der Waals surface area contributed by atoms with Crippen LogP contribution in [0.5, 0.6) is 0 Å². The summed E-state index contributed by atoms with van der Waals surface area (Å²) in [4.78, 5) is 8.96. The first-order valence-electron chi connectivity index (χ1n) is 8.90. The van der Waals surface area contributed by atoms with Crippen LogP contribution in [0, 0.1) is 0 Å². The molecule has 0 spiro atoms. The van der Waals surface area contributed by atoms with Crippen molar-refractivity contribution in [1.29, 1.82) is 0 Å². The molecule has 1 aliphatic carbocycles. The standard InChI is InChI=1S/C20H28N4O/c1-3-6-15(13-21)11-17(4-2)19-9-10-22-20(24-19)23-18-8-5-7-16(12-18)14-25/h6,8-12,25H,3-5,7,13-14,21H2,1-2H3,(H,22,23,24)/b15-6+,17-11+. The van der Waals surface area contributed by atoms with E-state index in [1.807, 2.05) is 12.1 Å². The van der Waals surface area contributed by atoms with Crippen molar-refractivity contribution < 1.29 is 5.11 Å². The van der Waals surface area contributed by atoms with Gasteiger partial charge < -0.3 is 16.2 Å². The topological polar surface area (TPSA) is 84.1 Å². The molecule has 134 valence electrons. The second kappa shape index (κ2) is 9.91. The minimum atomic E-state index is 0.0915. The van der Waals surface area contributed by atoms with E-state index in [1.165, 1.54) is 0 Å². The van der Waals surface area contributed by atoms with Crippen LogP contribution in [0.15, 0.2) is 53.4 Å². The van der Waals surface area contributed by atoms with Gasteiger partial charge in [0.05, 0.1) is 12.3 Å². The maximum atomic E-state index is 9.30. The number of aliphatic hydroxyl groups excluding tert-OH is 1. The van der Waals surface area contributed by atoms with Gasteiger partial charge in [-0.25, -0.2) is 9.97 Å². The zero-order chi connectivity index (χ0) is 18.1. The fourth-order valence-corrected chi connectivity index (χ4v) is 2.75. The van der Waals surface area contributed by atoms with Gasteiger partial charge in [-0.15, -0.1) is 0 Å². The maximum Gasteiger partial charge on any atom is 0.227 e. The minimum absolute atomic E-state index is 0.0915. The molecule has 5 heteroatoms. The van der Waals surface area contributed by atoms with Crippen LogP contribution in [0.25, 0.3) is 5.57 Å². The van der Waals surface area contributed by atoms with Crippen molar-refractivity contribution in [2.45, 2.75) is 39.5 Å². The van der Waals surface area contributed by atoms with Crippen LogP contribution in [0.4, 0.5) is 5.95 Å². The number of nitrogens with two attached hydrogens (primary N) is 1. The number of hydrogen-bond acceptors (Lipinski definition) is 5. The third-order valence-electron chi connectivity index (χ3n) is 4.08. The summed E-state index contributed by atoms with van der Waals surface area (Å²) in [6.45, 7) is 4.83. The molecule has 0 saturated heterocycles. The Balaban J connectivity index is 2.22. The number of rotatable bonds is 8. The quantitative estimate of drug-likeness (QED) is 0.630. The van der Waals surface area contributed by atoms with Crippen molar-refractivity contribution in [3.05, 3.63) is 59.1 Å². The first kappa shape index (κ1) is 19.1. The Hall–Kier alpha value is -2.24. The molecule has 1 aliphatic rings. The summed E-state index contributed by atoms with van der Waals surface area (Å²) >= 11 is 0. The van der Waals surface area contributed by atoms with Crippen LogP contribution in [-0.4, -0.2) is 28.2 Å². The molecule has 1 aromatic heterocycles. The lowest BCUT2D eigenvalue weighted by Gasteiger charge is -2.14. The molecular weight excluding hydrogens is 312 g/mol. The Labute approximate surface area is 150 Å². The Morgan fingerprint density at radius 1 is 1.40 bits per heavy atom. The second-order valence-corrected chi connectivity index (χ2v) is 5.96. The van der Waals surface area contributed by atoms with Crippen LogP contribution < -0.4 is 11.1 Å². The molecule has 25 heavy (non-hydrogen) atoms. The van der Waals surface area contributed by atoms with E-state index in [9.17, 15) is 5.11 Å². The van der Waals surface area contributed by atoms with Crippen LogP contribution >= 0.6 is 0 Å². The lowest BCUT2D eigenvalue weighted by Crippen LogP contribution is -2.07. The normalized spacial score (nSPS) is 15.7. The van der Waals surface area contributed by atoms with Crippen molar-refractivity contribution in [1.82, 2.24) is 9.97 Å². The number of allylic oxidation sites excluding steroid dienone is 4. The van der Waals surface area contributed by atoms with Gasteiger partial charge in [0.1, 0.15) is 0 Å². The second-order valence-electron chi connectivity index (χ2n) is 5.96. The van der Waals surface area contributed by atoms with E-state index >= 15 is 0 Å². The van der Waals surface area contributed by atoms with Gasteiger partial charge in [-0.2, -0.15) is 0 Å². The highest BCUT2D eigenvalue weighted by Crippen LogP contribution is 2.21. The Bertz CT molecular complexity index is 701. The molecule has 0 fully saturated rings. The molecule has 0 bridgehead atoms.